The van der Waals surface area contributed by atoms with Crippen molar-refractivity contribution >= 4 is 29.1 Å². The second-order valence-corrected chi connectivity index (χ2v) is 6.26. The van der Waals surface area contributed by atoms with Gasteiger partial charge < -0.3 is 5.32 Å². The predicted molar refractivity (Wildman–Crippen MR) is 91.7 cm³/mol. The molecule has 0 atom stereocenters. The molecule has 0 bridgehead atoms. The number of rotatable bonds is 5. The molecule has 0 unspecified atom stereocenters. The van der Waals surface area contributed by atoms with Gasteiger partial charge >= 0.3 is 0 Å². The third-order valence-electron chi connectivity index (χ3n) is 3.28. The van der Waals surface area contributed by atoms with Gasteiger partial charge in [0.05, 0.1) is 5.75 Å². The third kappa shape index (κ3) is 4.46. The largest absolute Gasteiger partial charge is 0.325 e. The van der Waals surface area contributed by atoms with Crippen LogP contribution in [0.5, 0.6) is 0 Å². The molecule has 0 saturated carbocycles. The summed E-state index contributed by atoms with van der Waals surface area (Å²) in [7, 11) is 0. The number of hydrogen-bond acceptors (Lipinski definition) is 3. The Morgan fingerprint density at radius 3 is 2.36 bits per heavy atom. The molecular formula is C18H19NO2S. The number of anilines is 1. The van der Waals surface area contributed by atoms with Gasteiger partial charge in [-0.2, -0.15) is 0 Å². The zero-order chi connectivity index (χ0) is 16.1. The van der Waals surface area contributed by atoms with Gasteiger partial charge in [-0.15, -0.1) is 11.8 Å². The highest BCUT2D eigenvalue weighted by atomic mass is 32.2. The van der Waals surface area contributed by atoms with Crippen LogP contribution in [0, 0.1) is 13.8 Å². The van der Waals surface area contributed by atoms with Crippen LogP contribution in [-0.4, -0.2) is 17.4 Å². The minimum atomic E-state index is -0.0542. The molecule has 114 valence electrons. The van der Waals surface area contributed by atoms with Crippen LogP contribution in [-0.2, 0) is 4.79 Å². The standard InChI is InChI=1S/C18H19NO2S/c1-12-4-5-13(2)17(10-12)22-11-18(21)19-16-8-6-15(7-9-16)14(3)20/h4-10H,11H2,1-3H3,(H,19,21). The molecule has 0 aliphatic heterocycles. The first-order valence-corrected chi connectivity index (χ1v) is 8.05. The minimum Gasteiger partial charge on any atom is -0.325 e. The summed E-state index contributed by atoms with van der Waals surface area (Å²) in [5.74, 6) is 0.323. The molecule has 0 aliphatic carbocycles. The normalized spacial score (nSPS) is 10.3. The van der Waals surface area contributed by atoms with Crippen molar-refractivity contribution in [3.05, 3.63) is 59.2 Å². The van der Waals surface area contributed by atoms with Crippen molar-refractivity contribution in [3.63, 3.8) is 0 Å². The lowest BCUT2D eigenvalue weighted by atomic mass is 10.1. The number of carbonyl (C=O) groups is 2. The lowest BCUT2D eigenvalue weighted by Crippen LogP contribution is -2.14. The summed E-state index contributed by atoms with van der Waals surface area (Å²) in [4.78, 5) is 24.3. The molecule has 0 spiro atoms. The Kier molecular flexibility index (Phi) is 5.39. The van der Waals surface area contributed by atoms with E-state index >= 15 is 0 Å². The molecule has 1 amide bonds. The zero-order valence-electron chi connectivity index (χ0n) is 13.0. The predicted octanol–water partition coefficient (Wildman–Crippen LogP) is 4.24. The van der Waals surface area contributed by atoms with Crippen molar-refractivity contribution in [2.45, 2.75) is 25.7 Å². The monoisotopic (exact) mass is 313 g/mol. The minimum absolute atomic E-state index is 0.0170. The van der Waals surface area contributed by atoms with Crippen LogP contribution in [0.2, 0.25) is 0 Å². The topological polar surface area (TPSA) is 46.2 Å². The van der Waals surface area contributed by atoms with Crippen LogP contribution in [0.15, 0.2) is 47.4 Å². The summed E-state index contributed by atoms with van der Waals surface area (Å²) in [6.07, 6.45) is 0. The highest BCUT2D eigenvalue weighted by Gasteiger charge is 2.06. The fraction of sp³-hybridized carbons (Fsp3) is 0.222. The summed E-state index contributed by atoms with van der Waals surface area (Å²) in [6, 6.07) is 13.2. The molecular weight excluding hydrogens is 294 g/mol. The SMILES string of the molecule is CC(=O)c1ccc(NC(=O)CSc2cc(C)ccc2C)cc1. The Balaban J connectivity index is 1.92. The highest BCUT2D eigenvalue weighted by molar-refractivity contribution is 8.00. The van der Waals surface area contributed by atoms with Crippen molar-refractivity contribution in [1.29, 1.82) is 0 Å². The number of carbonyl (C=O) groups excluding carboxylic acids is 2. The second-order valence-electron chi connectivity index (χ2n) is 5.24. The van der Waals surface area contributed by atoms with Crippen molar-refractivity contribution < 1.29 is 9.59 Å². The van der Waals surface area contributed by atoms with E-state index in [-0.39, 0.29) is 11.7 Å². The molecule has 0 aliphatic rings. The first-order valence-electron chi connectivity index (χ1n) is 7.06. The molecule has 2 aromatic carbocycles. The number of Topliss-reactive ketones (excluding diaryl/α,β-unsaturated/α-hetero) is 1. The Bertz CT molecular complexity index is 693. The molecule has 0 fully saturated rings. The summed E-state index contributed by atoms with van der Waals surface area (Å²) in [5.41, 5.74) is 3.71. The fourth-order valence-electron chi connectivity index (χ4n) is 1.99. The van der Waals surface area contributed by atoms with E-state index in [9.17, 15) is 9.59 Å². The van der Waals surface area contributed by atoms with Crippen molar-refractivity contribution in [3.8, 4) is 0 Å². The Morgan fingerprint density at radius 1 is 1.05 bits per heavy atom. The lowest BCUT2D eigenvalue weighted by Gasteiger charge is -2.08. The third-order valence-corrected chi connectivity index (χ3v) is 4.43. The number of benzene rings is 2. The first kappa shape index (κ1) is 16.3. The van der Waals surface area contributed by atoms with E-state index in [1.165, 1.54) is 29.8 Å². The molecule has 0 heterocycles. The molecule has 2 aromatic rings. The first-order chi connectivity index (χ1) is 10.5. The van der Waals surface area contributed by atoms with Gasteiger partial charge in [-0.05, 0) is 56.7 Å². The van der Waals surface area contributed by atoms with Crippen molar-refractivity contribution in [2.24, 2.45) is 0 Å². The van der Waals surface area contributed by atoms with Crippen LogP contribution in [0.1, 0.15) is 28.4 Å². The average molecular weight is 313 g/mol. The van der Waals surface area contributed by atoms with Gasteiger partial charge in [0, 0.05) is 16.1 Å². The van der Waals surface area contributed by atoms with Crippen LogP contribution >= 0.6 is 11.8 Å². The molecule has 0 radical (unpaired) electrons. The number of thioether (sulfide) groups is 1. The van der Waals surface area contributed by atoms with Gasteiger partial charge in [0.1, 0.15) is 0 Å². The van der Waals surface area contributed by atoms with E-state index in [0.29, 0.717) is 17.0 Å². The van der Waals surface area contributed by atoms with Crippen LogP contribution in [0.4, 0.5) is 5.69 Å². The van der Waals surface area contributed by atoms with E-state index in [1.807, 2.05) is 13.8 Å². The Hall–Kier alpha value is -2.07. The van der Waals surface area contributed by atoms with E-state index in [2.05, 4.69) is 23.5 Å². The molecule has 1 N–H and O–H groups in total. The van der Waals surface area contributed by atoms with Gasteiger partial charge in [0.25, 0.3) is 0 Å². The molecule has 0 aromatic heterocycles. The maximum atomic E-state index is 12.0. The number of ketones is 1. The van der Waals surface area contributed by atoms with Crippen molar-refractivity contribution in [2.75, 3.05) is 11.1 Å². The fourth-order valence-corrected chi connectivity index (χ4v) is 2.92. The van der Waals surface area contributed by atoms with Gasteiger partial charge in [-0.1, -0.05) is 17.7 Å². The summed E-state index contributed by atoms with van der Waals surface area (Å²) < 4.78 is 0. The smallest absolute Gasteiger partial charge is 0.234 e. The maximum absolute atomic E-state index is 12.0. The van der Waals surface area contributed by atoms with Crippen molar-refractivity contribution in [1.82, 2.24) is 0 Å². The summed E-state index contributed by atoms with van der Waals surface area (Å²) in [5, 5.41) is 2.84. The molecule has 22 heavy (non-hydrogen) atoms. The summed E-state index contributed by atoms with van der Waals surface area (Å²) in [6.45, 7) is 5.61. The quantitative estimate of drug-likeness (QED) is 0.663. The van der Waals surface area contributed by atoms with E-state index in [1.54, 1.807) is 24.3 Å². The van der Waals surface area contributed by atoms with Gasteiger partial charge in [-0.25, -0.2) is 0 Å². The highest BCUT2D eigenvalue weighted by Crippen LogP contribution is 2.23. The number of hydrogen-bond donors (Lipinski definition) is 1. The number of aryl methyl sites for hydroxylation is 2. The number of amides is 1. The van der Waals surface area contributed by atoms with Crippen LogP contribution < -0.4 is 5.32 Å². The molecule has 3 nitrogen and oxygen atoms in total. The van der Waals surface area contributed by atoms with E-state index in [0.717, 1.165) is 4.90 Å². The average Bonchev–Trinajstić information content (AvgIpc) is 2.49. The van der Waals surface area contributed by atoms with E-state index < -0.39 is 0 Å². The zero-order valence-corrected chi connectivity index (χ0v) is 13.8. The lowest BCUT2D eigenvalue weighted by molar-refractivity contribution is -0.113. The van der Waals surface area contributed by atoms with Gasteiger partial charge in [-0.3, -0.25) is 9.59 Å². The van der Waals surface area contributed by atoms with Crippen LogP contribution in [0.25, 0.3) is 0 Å². The van der Waals surface area contributed by atoms with Gasteiger partial charge in [0.2, 0.25) is 5.91 Å². The molecule has 0 saturated heterocycles. The molecule has 2 rings (SSSR count). The number of nitrogens with one attached hydrogen (secondary N) is 1. The van der Waals surface area contributed by atoms with E-state index in [4.69, 9.17) is 0 Å². The maximum Gasteiger partial charge on any atom is 0.234 e. The van der Waals surface area contributed by atoms with Gasteiger partial charge in [0.15, 0.2) is 5.78 Å². The summed E-state index contributed by atoms with van der Waals surface area (Å²) >= 11 is 1.53. The second kappa shape index (κ2) is 7.27. The Labute approximate surface area is 135 Å². The Morgan fingerprint density at radius 2 is 1.73 bits per heavy atom. The van der Waals surface area contributed by atoms with Crippen LogP contribution in [0.3, 0.4) is 0 Å². The molecule has 4 heteroatoms.